The number of ether oxygens (including phenoxy) is 4. The van der Waals surface area contributed by atoms with Crippen LogP contribution in [0, 0.1) is 25.5 Å². The quantitative estimate of drug-likeness (QED) is 0.0554. The van der Waals surface area contributed by atoms with E-state index in [9.17, 15) is 8.78 Å². The van der Waals surface area contributed by atoms with Crippen LogP contribution in [-0.4, -0.2) is 40.6 Å². The molecule has 26 heteroatoms. The highest BCUT2D eigenvalue weighted by molar-refractivity contribution is 6.36. The molecule has 0 fully saturated rings. The predicted molar refractivity (Wildman–Crippen MR) is 399 cm³/mol. The van der Waals surface area contributed by atoms with Gasteiger partial charge in [0.25, 0.3) is 0 Å². The van der Waals surface area contributed by atoms with Crippen molar-refractivity contribution in [1.82, 2.24) is 40.6 Å². The van der Waals surface area contributed by atoms with Gasteiger partial charge in [-0.1, -0.05) is 128 Å². The molecule has 0 atom stereocenters. The molecular formula is C78H58Cl4F2N12O8. The number of fused-ring (bicyclic) bond motifs is 4. The molecule has 0 amide bonds. The number of aromatic nitrogens is 8. The zero-order valence-electron chi connectivity index (χ0n) is 55.0. The Morgan fingerprint density at radius 2 is 0.567 bits per heavy atom. The van der Waals surface area contributed by atoms with Crippen molar-refractivity contribution < 1.29 is 45.8 Å². The Morgan fingerprint density at radius 3 is 0.856 bits per heavy atom. The summed E-state index contributed by atoms with van der Waals surface area (Å²) in [5, 5.41) is 34.2. The Hall–Kier alpha value is -12.3. The van der Waals surface area contributed by atoms with E-state index in [0.717, 1.165) is 55.8 Å². The number of hydrogen-bond acceptors (Lipinski definition) is 20. The van der Waals surface area contributed by atoms with Gasteiger partial charge in [-0.15, -0.1) is 0 Å². The molecule has 0 bridgehead atoms. The van der Waals surface area contributed by atoms with Crippen LogP contribution in [0.25, 0.3) is 43.9 Å². The van der Waals surface area contributed by atoms with E-state index in [2.05, 4.69) is 93.9 Å². The summed E-state index contributed by atoms with van der Waals surface area (Å²) in [6.45, 7) is 4.90. The lowest BCUT2D eigenvalue weighted by atomic mass is 10.0. The van der Waals surface area contributed by atoms with Crippen LogP contribution >= 0.6 is 46.4 Å². The Balaban J connectivity index is 0.000000123. The Kier molecular flexibility index (Phi) is 22.5. The Morgan fingerprint density at radius 1 is 0.308 bits per heavy atom. The van der Waals surface area contributed by atoms with Gasteiger partial charge in [0.05, 0.1) is 53.1 Å². The summed E-state index contributed by atoms with van der Waals surface area (Å²) >= 11 is 24.9. The van der Waals surface area contributed by atoms with Gasteiger partial charge >= 0.3 is 0 Å². The highest BCUT2D eigenvalue weighted by Crippen LogP contribution is 2.40. The summed E-state index contributed by atoms with van der Waals surface area (Å²) in [5.74, 6) is 3.20. The zero-order chi connectivity index (χ0) is 71.7. The normalized spacial score (nSPS) is 10.8. The van der Waals surface area contributed by atoms with Crippen molar-refractivity contribution in [2.45, 2.75) is 40.3 Å². The lowest BCUT2D eigenvalue weighted by molar-refractivity contribution is 0.296. The average Bonchev–Trinajstić information content (AvgIpc) is 1.65. The molecule has 16 aromatic rings. The lowest BCUT2D eigenvalue weighted by Crippen LogP contribution is -2.02. The first kappa shape index (κ1) is 70.1. The first-order chi connectivity index (χ1) is 50.9. The maximum atomic E-state index is 13.8. The molecule has 0 radical (unpaired) electrons. The van der Waals surface area contributed by atoms with Gasteiger partial charge in [0, 0.05) is 56.0 Å². The van der Waals surface area contributed by atoms with Crippen molar-refractivity contribution in [3.8, 4) is 23.0 Å². The third kappa shape index (κ3) is 17.0. The topological polar surface area (TPSA) is 241 Å². The van der Waals surface area contributed by atoms with Crippen LogP contribution in [0.2, 0.25) is 20.1 Å². The number of nitrogens with zero attached hydrogens (tertiary/aromatic N) is 8. The van der Waals surface area contributed by atoms with Gasteiger partial charge < -0.3 is 58.3 Å². The van der Waals surface area contributed by atoms with Gasteiger partial charge in [-0.05, 0) is 164 Å². The fraction of sp³-hybridized carbons (Fsp3) is 0.0769. The molecule has 0 aliphatic rings. The number of anilines is 8. The smallest absolute Gasteiger partial charge is 0.185 e. The first-order valence-corrected chi connectivity index (χ1v) is 33.5. The van der Waals surface area contributed by atoms with Gasteiger partial charge in [-0.3, -0.25) is 19.9 Å². The second-order valence-corrected chi connectivity index (χ2v) is 24.4. The lowest BCUT2D eigenvalue weighted by Gasteiger charge is -2.12. The molecule has 8 aromatic carbocycles. The highest BCUT2D eigenvalue weighted by atomic mass is 35.5. The van der Waals surface area contributed by atoms with E-state index < -0.39 is 11.6 Å². The molecule has 0 spiro atoms. The second kappa shape index (κ2) is 33.4. The van der Waals surface area contributed by atoms with E-state index in [0.29, 0.717) is 94.9 Å². The van der Waals surface area contributed by atoms with E-state index in [-0.39, 0.29) is 25.4 Å². The van der Waals surface area contributed by atoms with Gasteiger partial charge in [-0.25, -0.2) is 8.78 Å². The number of benzene rings is 8. The molecule has 0 aliphatic carbocycles. The summed E-state index contributed by atoms with van der Waals surface area (Å²) in [4.78, 5) is 16.3. The number of hydrogen-bond donors (Lipinski definition) is 4. The van der Waals surface area contributed by atoms with E-state index in [1.165, 1.54) is 34.9 Å². The molecule has 8 aromatic heterocycles. The third-order valence-electron chi connectivity index (χ3n) is 15.9. The molecular weight excluding hydrogens is 1410 g/mol. The Bertz CT molecular complexity index is 4810. The van der Waals surface area contributed by atoms with E-state index >= 15 is 0 Å². The fourth-order valence-corrected chi connectivity index (χ4v) is 11.7. The largest absolute Gasteiger partial charge is 0.488 e. The number of aryl methyl sites for hydroxylation is 2. The number of pyridine rings is 4. The average molecular weight is 1470 g/mol. The minimum absolute atomic E-state index is 0.136. The summed E-state index contributed by atoms with van der Waals surface area (Å²) in [6, 6.07) is 57.4. The molecule has 16 rings (SSSR count). The van der Waals surface area contributed by atoms with Crippen LogP contribution in [0.3, 0.4) is 0 Å². The van der Waals surface area contributed by atoms with Crippen molar-refractivity contribution >= 4 is 136 Å². The van der Waals surface area contributed by atoms with Crippen LogP contribution in [-0.2, 0) is 26.4 Å². The van der Waals surface area contributed by atoms with Crippen molar-refractivity contribution in [3.63, 3.8) is 0 Å². The van der Waals surface area contributed by atoms with Crippen molar-refractivity contribution in [3.05, 3.63) is 309 Å². The standard InChI is InChI=1S/C21H19N3O2.2C19H13Cl2N3O2.C19H13F2N3O2/c1-14-6-3-7-15(2)17(14)13-25-18-9-4-10-19-20(18)21(24-26-19)23-16-8-5-11-22-12-16;3*20-14-5-1-6-15(21)13(14)11-25-16-7-2-8-17-18(16)19(24-26-17)23-12-4-3-9-22-10-12/h3-12H,13H2,1-2H3,(H,23,24);3*1-10H,11H2,(H,23,24). The van der Waals surface area contributed by atoms with Crippen LogP contribution in [0.15, 0.2) is 262 Å². The third-order valence-corrected chi connectivity index (χ3v) is 17.3. The van der Waals surface area contributed by atoms with E-state index in [4.69, 9.17) is 83.4 Å². The Labute approximate surface area is 612 Å². The van der Waals surface area contributed by atoms with Gasteiger partial charge in [-0.2, -0.15) is 0 Å². The van der Waals surface area contributed by atoms with Crippen molar-refractivity contribution in [1.29, 1.82) is 0 Å². The zero-order valence-corrected chi connectivity index (χ0v) is 58.1. The minimum Gasteiger partial charge on any atom is -0.488 e. The second-order valence-electron chi connectivity index (χ2n) is 22.7. The monoisotopic (exact) mass is 1470 g/mol. The van der Waals surface area contributed by atoms with Gasteiger partial charge in [0.2, 0.25) is 0 Å². The summed E-state index contributed by atoms with van der Waals surface area (Å²) in [5.41, 5.74) is 10.5. The predicted octanol–water partition coefficient (Wildman–Crippen LogP) is 21.7. The SMILES string of the molecule is Cc1cccc(C)c1COc1cccc2onc(Nc3cccnc3)c12.Clc1cccc(Cl)c1COc1cccc2onc(Nc3cccnc3)c12.Clc1cccc(Cl)c1COc1cccc2onc(Nc3cccnc3)c12.Fc1cccc(F)c1COc1cccc2onc(Nc3cccnc3)c12. The van der Waals surface area contributed by atoms with Gasteiger partial charge in [0.1, 0.15) is 82.6 Å². The van der Waals surface area contributed by atoms with E-state index in [1.807, 2.05) is 97.1 Å². The molecule has 520 valence electrons. The highest BCUT2D eigenvalue weighted by Gasteiger charge is 2.21. The molecule has 4 N–H and O–H groups in total. The van der Waals surface area contributed by atoms with Crippen LogP contribution < -0.4 is 40.2 Å². The van der Waals surface area contributed by atoms with E-state index in [1.54, 1.807) is 110 Å². The maximum absolute atomic E-state index is 13.8. The maximum Gasteiger partial charge on any atom is 0.185 e. The molecule has 0 saturated carbocycles. The molecule has 104 heavy (non-hydrogen) atoms. The fourth-order valence-electron chi connectivity index (χ4n) is 10.6. The number of rotatable bonds is 20. The molecule has 20 nitrogen and oxygen atoms in total. The number of nitrogens with one attached hydrogen (secondary N) is 4. The summed E-state index contributed by atoms with van der Waals surface area (Å²) in [6.07, 6.45) is 13.6. The molecule has 8 heterocycles. The van der Waals surface area contributed by atoms with Crippen LogP contribution in [0.1, 0.15) is 33.4 Å². The molecule has 0 aliphatic heterocycles. The number of halogens is 6. The van der Waals surface area contributed by atoms with Gasteiger partial charge in [0.15, 0.2) is 45.6 Å². The summed E-state index contributed by atoms with van der Waals surface area (Å²) < 4.78 is 72.9. The van der Waals surface area contributed by atoms with Crippen LogP contribution in [0.5, 0.6) is 23.0 Å². The summed E-state index contributed by atoms with van der Waals surface area (Å²) in [7, 11) is 0. The van der Waals surface area contributed by atoms with Crippen molar-refractivity contribution in [2.24, 2.45) is 0 Å². The van der Waals surface area contributed by atoms with Crippen LogP contribution in [0.4, 0.5) is 54.8 Å². The molecule has 0 saturated heterocycles. The first-order valence-electron chi connectivity index (χ1n) is 32.0. The van der Waals surface area contributed by atoms with Crippen molar-refractivity contribution in [2.75, 3.05) is 21.3 Å². The minimum atomic E-state index is -0.656. The molecule has 0 unspecified atom stereocenters.